The molecule has 0 atom stereocenters. The Balaban J connectivity index is 2.08. The number of nitrogens with one attached hydrogen (secondary N) is 1. The average molecular weight is 217 g/mol. The van der Waals surface area contributed by atoms with E-state index in [-0.39, 0.29) is 5.82 Å². The Morgan fingerprint density at radius 3 is 2.75 bits per heavy atom. The fourth-order valence-corrected chi connectivity index (χ4v) is 1.40. The van der Waals surface area contributed by atoms with E-state index < -0.39 is 0 Å². The number of hydrogen-bond donors (Lipinski definition) is 1. The smallest absolute Gasteiger partial charge is 0.222 e. The van der Waals surface area contributed by atoms with E-state index in [2.05, 4.69) is 15.3 Å². The first-order valence-corrected chi connectivity index (χ1v) is 5.01. The Bertz CT molecular complexity index is 471. The van der Waals surface area contributed by atoms with Crippen LogP contribution >= 0.6 is 0 Å². The van der Waals surface area contributed by atoms with Crippen molar-refractivity contribution in [3.8, 4) is 0 Å². The van der Waals surface area contributed by atoms with Gasteiger partial charge in [0, 0.05) is 24.5 Å². The van der Waals surface area contributed by atoms with Gasteiger partial charge in [-0.25, -0.2) is 14.4 Å². The third-order valence-corrected chi connectivity index (χ3v) is 2.20. The molecule has 0 bridgehead atoms. The highest BCUT2D eigenvalue weighted by Gasteiger charge is 2.02. The van der Waals surface area contributed by atoms with Crippen LogP contribution in [0.25, 0.3) is 0 Å². The number of nitrogens with zero attached hydrogens (tertiary/aromatic N) is 2. The Labute approximate surface area is 93.4 Å². The molecule has 1 aromatic heterocycles. The van der Waals surface area contributed by atoms with Crippen molar-refractivity contribution in [2.75, 3.05) is 5.32 Å². The molecule has 0 saturated heterocycles. The van der Waals surface area contributed by atoms with Crippen LogP contribution in [-0.4, -0.2) is 9.97 Å². The van der Waals surface area contributed by atoms with Crippen molar-refractivity contribution < 1.29 is 4.39 Å². The predicted octanol–water partition coefficient (Wildman–Crippen LogP) is 2.54. The summed E-state index contributed by atoms with van der Waals surface area (Å²) in [7, 11) is 0. The Hall–Kier alpha value is -1.97. The van der Waals surface area contributed by atoms with Gasteiger partial charge in [-0.05, 0) is 19.1 Å². The minimum Gasteiger partial charge on any atom is -0.350 e. The van der Waals surface area contributed by atoms with Crippen molar-refractivity contribution >= 4 is 5.95 Å². The van der Waals surface area contributed by atoms with Crippen molar-refractivity contribution in [1.29, 1.82) is 0 Å². The zero-order valence-electron chi connectivity index (χ0n) is 8.94. The van der Waals surface area contributed by atoms with Crippen molar-refractivity contribution in [2.24, 2.45) is 0 Å². The van der Waals surface area contributed by atoms with E-state index in [0.29, 0.717) is 18.1 Å². The van der Waals surface area contributed by atoms with E-state index in [1.54, 1.807) is 24.5 Å². The predicted molar refractivity (Wildman–Crippen MR) is 60.5 cm³/mol. The molecule has 2 rings (SSSR count). The molecular formula is C12H12FN3. The SMILES string of the molecule is Cc1ccc(F)c(CNc2ncccn2)c1. The summed E-state index contributed by atoms with van der Waals surface area (Å²) in [5, 5.41) is 2.97. The topological polar surface area (TPSA) is 37.8 Å². The van der Waals surface area contributed by atoms with E-state index in [9.17, 15) is 4.39 Å². The molecule has 0 aliphatic carbocycles. The van der Waals surface area contributed by atoms with Crippen LogP contribution in [-0.2, 0) is 6.54 Å². The molecule has 2 aromatic rings. The lowest BCUT2D eigenvalue weighted by molar-refractivity contribution is 0.612. The maximum absolute atomic E-state index is 13.4. The van der Waals surface area contributed by atoms with Crippen LogP contribution in [0.1, 0.15) is 11.1 Å². The Morgan fingerprint density at radius 1 is 1.25 bits per heavy atom. The summed E-state index contributed by atoms with van der Waals surface area (Å²) in [6.45, 7) is 2.32. The Kier molecular flexibility index (Phi) is 3.10. The maximum atomic E-state index is 13.4. The molecular weight excluding hydrogens is 205 g/mol. The van der Waals surface area contributed by atoms with Gasteiger partial charge < -0.3 is 5.32 Å². The lowest BCUT2D eigenvalue weighted by atomic mass is 10.1. The monoisotopic (exact) mass is 217 g/mol. The summed E-state index contributed by atoms with van der Waals surface area (Å²) in [5.41, 5.74) is 1.65. The molecule has 0 radical (unpaired) electrons. The van der Waals surface area contributed by atoms with Gasteiger partial charge in [-0.15, -0.1) is 0 Å². The van der Waals surface area contributed by atoms with Crippen LogP contribution in [0, 0.1) is 12.7 Å². The number of aromatic nitrogens is 2. The molecule has 1 N–H and O–H groups in total. The highest BCUT2D eigenvalue weighted by Crippen LogP contribution is 2.11. The Morgan fingerprint density at radius 2 is 2.00 bits per heavy atom. The molecule has 0 unspecified atom stereocenters. The zero-order valence-corrected chi connectivity index (χ0v) is 8.94. The van der Waals surface area contributed by atoms with E-state index in [0.717, 1.165) is 5.56 Å². The van der Waals surface area contributed by atoms with Gasteiger partial charge in [-0.3, -0.25) is 0 Å². The van der Waals surface area contributed by atoms with E-state index in [1.807, 2.05) is 13.0 Å². The normalized spacial score (nSPS) is 10.1. The van der Waals surface area contributed by atoms with Gasteiger partial charge in [0.25, 0.3) is 0 Å². The summed E-state index contributed by atoms with van der Waals surface area (Å²) >= 11 is 0. The second-order valence-electron chi connectivity index (χ2n) is 3.52. The van der Waals surface area contributed by atoms with Gasteiger partial charge in [-0.1, -0.05) is 17.7 Å². The quantitative estimate of drug-likeness (QED) is 0.858. The molecule has 0 spiro atoms. The largest absolute Gasteiger partial charge is 0.350 e. The summed E-state index contributed by atoms with van der Waals surface area (Å²) in [6, 6.07) is 6.76. The lowest BCUT2D eigenvalue weighted by Gasteiger charge is -2.06. The molecule has 0 amide bonds. The number of benzene rings is 1. The van der Waals surface area contributed by atoms with E-state index in [1.165, 1.54) is 6.07 Å². The molecule has 0 saturated carbocycles. The second kappa shape index (κ2) is 4.70. The van der Waals surface area contributed by atoms with Gasteiger partial charge in [0.1, 0.15) is 5.82 Å². The maximum Gasteiger partial charge on any atom is 0.222 e. The summed E-state index contributed by atoms with van der Waals surface area (Å²) in [6.07, 6.45) is 3.28. The number of anilines is 1. The van der Waals surface area contributed by atoms with Crippen LogP contribution in [0.3, 0.4) is 0 Å². The third kappa shape index (κ3) is 2.53. The third-order valence-electron chi connectivity index (χ3n) is 2.20. The number of aryl methyl sites for hydroxylation is 1. The van der Waals surface area contributed by atoms with Crippen molar-refractivity contribution in [3.05, 3.63) is 53.6 Å². The van der Waals surface area contributed by atoms with Crippen LogP contribution in [0.4, 0.5) is 10.3 Å². The first-order valence-electron chi connectivity index (χ1n) is 5.01. The molecule has 0 aliphatic heterocycles. The number of halogens is 1. The van der Waals surface area contributed by atoms with Crippen molar-refractivity contribution in [3.63, 3.8) is 0 Å². The molecule has 1 aromatic carbocycles. The van der Waals surface area contributed by atoms with Gasteiger partial charge in [0.05, 0.1) is 0 Å². The first-order chi connectivity index (χ1) is 7.75. The fourth-order valence-electron chi connectivity index (χ4n) is 1.40. The van der Waals surface area contributed by atoms with Gasteiger partial charge in [0.15, 0.2) is 0 Å². The highest BCUT2D eigenvalue weighted by molar-refractivity contribution is 5.29. The molecule has 4 heteroatoms. The van der Waals surface area contributed by atoms with Crippen molar-refractivity contribution in [1.82, 2.24) is 9.97 Å². The van der Waals surface area contributed by atoms with Crippen LogP contribution in [0.15, 0.2) is 36.7 Å². The molecule has 0 aliphatic rings. The van der Waals surface area contributed by atoms with Gasteiger partial charge >= 0.3 is 0 Å². The molecule has 3 nitrogen and oxygen atoms in total. The van der Waals surface area contributed by atoms with E-state index in [4.69, 9.17) is 0 Å². The van der Waals surface area contributed by atoms with Crippen LogP contribution < -0.4 is 5.32 Å². The zero-order chi connectivity index (χ0) is 11.4. The standard InChI is InChI=1S/C12H12FN3/c1-9-3-4-11(13)10(7-9)8-16-12-14-5-2-6-15-12/h2-7H,8H2,1H3,(H,14,15,16). The summed E-state index contributed by atoms with van der Waals surface area (Å²) in [4.78, 5) is 8.00. The van der Waals surface area contributed by atoms with Crippen LogP contribution in [0.5, 0.6) is 0 Å². The van der Waals surface area contributed by atoms with Gasteiger partial charge in [0.2, 0.25) is 5.95 Å². The lowest BCUT2D eigenvalue weighted by Crippen LogP contribution is -2.04. The van der Waals surface area contributed by atoms with Crippen LogP contribution in [0.2, 0.25) is 0 Å². The minimum atomic E-state index is -0.214. The first kappa shape index (κ1) is 10.5. The van der Waals surface area contributed by atoms with Gasteiger partial charge in [-0.2, -0.15) is 0 Å². The fraction of sp³-hybridized carbons (Fsp3) is 0.167. The number of hydrogen-bond acceptors (Lipinski definition) is 3. The summed E-state index contributed by atoms with van der Waals surface area (Å²) < 4.78 is 13.4. The average Bonchev–Trinajstić information content (AvgIpc) is 2.32. The molecule has 82 valence electrons. The van der Waals surface area contributed by atoms with E-state index >= 15 is 0 Å². The molecule has 1 heterocycles. The highest BCUT2D eigenvalue weighted by atomic mass is 19.1. The molecule has 0 fully saturated rings. The second-order valence-corrected chi connectivity index (χ2v) is 3.52. The van der Waals surface area contributed by atoms with Crippen molar-refractivity contribution in [2.45, 2.75) is 13.5 Å². The minimum absolute atomic E-state index is 0.214. The summed E-state index contributed by atoms with van der Waals surface area (Å²) in [5.74, 6) is 0.289. The number of rotatable bonds is 3. The molecule has 16 heavy (non-hydrogen) atoms.